The van der Waals surface area contributed by atoms with Crippen LogP contribution in [-0.4, -0.2) is 34.4 Å². The maximum absolute atomic E-state index is 13.5. The molecule has 3 aliphatic rings. The van der Waals surface area contributed by atoms with Crippen LogP contribution >= 0.6 is 11.6 Å². The molecule has 2 amide bonds. The van der Waals surface area contributed by atoms with Crippen LogP contribution in [-0.2, 0) is 20.9 Å². The molecule has 6 nitrogen and oxygen atoms in total. The molecule has 2 aliphatic heterocycles. The van der Waals surface area contributed by atoms with Crippen molar-refractivity contribution >= 4 is 35.1 Å². The number of benzene rings is 2. The van der Waals surface area contributed by atoms with E-state index >= 15 is 0 Å². The number of esters is 1. The Kier molecular flexibility index (Phi) is 4.13. The summed E-state index contributed by atoms with van der Waals surface area (Å²) in [7, 11) is 0. The minimum absolute atomic E-state index is 0.0172. The van der Waals surface area contributed by atoms with E-state index < -0.39 is 11.6 Å². The zero-order valence-electron chi connectivity index (χ0n) is 15.6. The summed E-state index contributed by atoms with van der Waals surface area (Å²) >= 11 is 6.19. The van der Waals surface area contributed by atoms with Crippen LogP contribution < -0.4 is 4.90 Å². The number of ether oxygens (including phenoxy) is 1. The number of halogens is 1. The molecular weight excluding hydrogens is 392 g/mol. The highest BCUT2D eigenvalue weighted by atomic mass is 35.5. The minimum atomic E-state index is -1.43. The first-order valence-corrected chi connectivity index (χ1v) is 10.1. The molecule has 2 heterocycles. The zero-order valence-corrected chi connectivity index (χ0v) is 16.4. The van der Waals surface area contributed by atoms with Crippen LogP contribution in [0.3, 0.4) is 0 Å². The van der Waals surface area contributed by atoms with E-state index in [-0.39, 0.29) is 37.3 Å². The average molecular weight is 411 g/mol. The number of anilines is 1. The monoisotopic (exact) mass is 410 g/mol. The first-order chi connectivity index (χ1) is 14.0. The van der Waals surface area contributed by atoms with Gasteiger partial charge in [0.25, 0.3) is 5.91 Å². The van der Waals surface area contributed by atoms with Gasteiger partial charge in [0.15, 0.2) is 0 Å². The van der Waals surface area contributed by atoms with E-state index in [4.69, 9.17) is 16.3 Å². The van der Waals surface area contributed by atoms with E-state index in [2.05, 4.69) is 0 Å². The van der Waals surface area contributed by atoms with Gasteiger partial charge in [0.2, 0.25) is 11.6 Å². The summed E-state index contributed by atoms with van der Waals surface area (Å²) in [6.45, 7) is -0.0172. The van der Waals surface area contributed by atoms with Gasteiger partial charge in [-0.2, -0.15) is 0 Å². The fourth-order valence-electron chi connectivity index (χ4n) is 4.39. The fourth-order valence-corrected chi connectivity index (χ4v) is 4.58. The van der Waals surface area contributed by atoms with E-state index in [0.29, 0.717) is 21.8 Å². The Balaban J connectivity index is 1.56. The van der Waals surface area contributed by atoms with Gasteiger partial charge in [-0.25, -0.2) is 4.79 Å². The summed E-state index contributed by atoms with van der Waals surface area (Å²) in [5.74, 6) is -0.980. The van der Waals surface area contributed by atoms with Crippen molar-refractivity contribution in [2.75, 3.05) is 4.90 Å². The van der Waals surface area contributed by atoms with Gasteiger partial charge in [-0.15, -0.1) is 0 Å². The molecule has 2 aromatic rings. The standard InChI is InChI=1S/C22H19ClN2O4/c23-17-7-3-1-5-14(17)13-29-21(28)22-12-11-19(26)25(22)18-8-4-2-6-16(18)20(27)24(22)15-9-10-15/h1-8,15H,9-13H2/t22-/m0/s1. The Morgan fingerprint density at radius 2 is 1.83 bits per heavy atom. The summed E-state index contributed by atoms with van der Waals surface area (Å²) in [4.78, 5) is 42.8. The lowest BCUT2D eigenvalue weighted by atomic mass is 9.96. The third-order valence-corrected chi connectivity index (χ3v) is 6.22. The van der Waals surface area contributed by atoms with Crippen molar-refractivity contribution in [2.45, 2.75) is 44.0 Å². The number of hydrogen-bond donors (Lipinski definition) is 0. The average Bonchev–Trinajstić information content (AvgIpc) is 3.50. The lowest BCUT2D eigenvalue weighted by Crippen LogP contribution is -2.69. The van der Waals surface area contributed by atoms with Crippen molar-refractivity contribution in [2.24, 2.45) is 0 Å². The van der Waals surface area contributed by atoms with Gasteiger partial charge >= 0.3 is 5.97 Å². The van der Waals surface area contributed by atoms with Gasteiger partial charge in [-0.05, 0) is 31.0 Å². The smallest absolute Gasteiger partial charge is 0.354 e. The first-order valence-electron chi connectivity index (χ1n) is 9.70. The van der Waals surface area contributed by atoms with Gasteiger partial charge in [-0.3, -0.25) is 14.5 Å². The van der Waals surface area contributed by atoms with Crippen molar-refractivity contribution < 1.29 is 19.1 Å². The number of nitrogens with zero attached hydrogens (tertiary/aromatic N) is 2. The third-order valence-electron chi connectivity index (χ3n) is 5.86. The predicted octanol–water partition coefficient (Wildman–Crippen LogP) is 3.52. The number of rotatable bonds is 4. The lowest BCUT2D eigenvalue weighted by Gasteiger charge is -2.48. The minimum Gasteiger partial charge on any atom is -0.458 e. The van der Waals surface area contributed by atoms with Crippen LogP contribution in [0.15, 0.2) is 48.5 Å². The number of fused-ring (bicyclic) bond motifs is 3. The molecule has 1 saturated carbocycles. The maximum Gasteiger partial charge on any atom is 0.354 e. The summed E-state index contributed by atoms with van der Waals surface area (Å²) in [5, 5.41) is 0.501. The Bertz CT molecular complexity index is 1030. The van der Waals surface area contributed by atoms with Crippen LogP contribution in [0.2, 0.25) is 5.02 Å². The van der Waals surface area contributed by atoms with Crippen LogP contribution in [0.4, 0.5) is 5.69 Å². The second-order valence-corrected chi connectivity index (χ2v) is 8.04. The second-order valence-electron chi connectivity index (χ2n) is 7.64. The highest BCUT2D eigenvalue weighted by molar-refractivity contribution is 6.31. The van der Waals surface area contributed by atoms with Crippen molar-refractivity contribution in [3.8, 4) is 0 Å². The van der Waals surface area contributed by atoms with E-state index in [0.717, 1.165) is 12.8 Å². The SMILES string of the molecule is O=C1CC[C@@]2(C(=O)OCc3ccccc3Cl)N1c1ccccc1C(=O)N2C1CC1. The summed E-state index contributed by atoms with van der Waals surface area (Å²) in [6.07, 6.45) is 2.04. The van der Waals surface area contributed by atoms with Gasteiger partial charge in [0.05, 0.1) is 11.3 Å². The zero-order chi connectivity index (χ0) is 20.2. The summed E-state index contributed by atoms with van der Waals surface area (Å²) in [6, 6.07) is 14.0. The molecule has 148 valence electrons. The molecule has 0 aromatic heterocycles. The van der Waals surface area contributed by atoms with Gasteiger partial charge in [0.1, 0.15) is 6.61 Å². The molecule has 1 aliphatic carbocycles. The highest BCUT2D eigenvalue weighted by Crippen LogP contribution is 2.49. The quantitative estimate of drug-likeness (QED) is 0.723. The maximum atomic E-state index is 13.5. The van der Waals surface area contributed by atoms with Crippen LogP contribution in [0.5, 0.6) is 0 Å². The number of carbonyl (C=O) groups is 3. The third kappa shape index (κ3) is 2.66. The Morgan fingerprint density at radius 1 is 1.10 bits per heavy atom. The number of para-hydroxylation sites is 1. The number of carbonyl (C=O) groups excluding carboxylic acids is 3. The Hall–Kier alpha value is -2.86. The molecule has 0 spiro atoms. The van der Waals surface area contributed by atoms with Crippen molar-refractivity contribution in [1.29, 1.82) is 0 Å². The first kappa shape index (κ1) is 18.2. The molecule has 0 bridgehead atoms. The molecule has 1 saturated heterocycles. The topological polar surface area (TPSA) is 66.9 Å². The predicted molar refractivity (Wildman–Crippen MR) is 106 cm³/mol. The van der Waals surface area contributed by atoms with Crippen LogP contribution in [0.25, 0.3) is 0 Å². The molecule has 1 atom stereocenters. The van der Waals surface area contributed by atoms with Gasteiger partial charge in [0, 0.05) is 29.5 Å². The molecule has 2 fully saturated rings. The van der Waals surface area contributed by atoms with Crippen molar-refractivity contribution in [3.63, 3.8) is 0 Å². The Labute approximate surface area is 173 Å². The van der Waals surface area contributed by atoms with E-state index in [1.54, 1.807) is 47.4 Å². The van der Waals surface area contributed by atoms with Gasteiger partial charge in [-0.1, -0.05) is 41.9 Å². The van der Waals surface area contributed by atoms with E-state index in [1.165, 1.54) is 4.90 Å². The fraction of sp³-hybridized carbons (Fsp3) is 0.318. The van der Waals surface area contributed by atoms with Crippen LogP contribution in [0, 0.1) is 0 Å². The molecule has 5 rings (SSSR count). The Morgan fingerprint density at radius 3 is 2.59 bits per heavy atom. The molecule has 7 heteroatoms. The molecule has 0 unspecified atom stereocenters. The number of hydrogen-bond acceptors (Lipinski definition) is 4. The molecule has 2 aromatic carbocycles. The van der Waals surface area contributed by atoms with Crippen molar-refractivity contribution in [3.05, 3.63) is 64.7 Å². The number of amides is 2. The molecular formula is C22H19ClN2O4. The molecule has 0 N–H and O–H groups in total. The normalized spacial score (nSPS) is 23.1. The largest absolute Gasteiger partial charge is 0.458 e. The van der Waals surface area contributed by atoms with E-state index in [9.17, 15) is 14.4 Å². The molecule has 29 heavy (non-hydrogen) atoms. The van der Waals surface area contributed by atoms with Crippen LogP contribution in [0.1, 0.15) is 41.6 Å². The summed E-state index contributed by atoms with van der Waals surface area (Å²) in [5.41, 5.74) is 0.177. The molecule has 0 radical (unpaired) electrons. The highest BCUT2D eigenvalue weighted by Gasteiger charge is 2.64. The van der Waals surface area contributed by atoms with E-state index in [1.807, 2.05) is 6.07 Å². The van der Waals surface area contributed by atoms with Gasteiger partial charge < -0.3 is 9.64 Å². The summed E-state index contributed by atoms with van der Waals surface area (Å²) < 4.78 is 5.66. The van der Waals surface area contributed by atoms with Crippen molar-refractivity contribution in [1.82, 2.24) is 4.90 Å². The second kappa shape index (κ2) is 6.59. The lowest BCUT2D eigenvalue weighted by molar-refractivity contribution is -0.159.